The van der Waals surface area contributed by atoms with Crippen LogP contribution in [-0.4, -0.2) is 69.9 Å². The van der Waals surface area contributed by atoms with Crippen molar-refractivity contribution < 1.29 is 17.9 Å². The predicted molar refractivity (Wildman–Crippen MR) is 120 cm³/mol. The van der Waals surface area contributed by atoms with Crippen molar-refractivity contribution in [3.05, 3.63) is 40.6 Å². The number of amides is 1. The molecule has 2 heterocycles. The first-order chi connectivity index (χ1) is 14.4. The molecule has 1 aliphatic heterocycles. The van der Waals surface area contributed by atoms with Crippen LogP contribution in [0.25, 0.3) is 0 Å². The van der Waals surface area contributed by atoms with Crippen LogP contribution >= 0.6 is 11.3 Å². The normalized spacial score (nSPS) is 14.9. The Kier molecular flexibility index (Phi) is 7.38. The first-order valence-corrected chi connectivity index (χ1v) is 12.5. The molecule has 1 aliphatic rings. The van der Waals surface area contributed by atoms with E-state index in [2.05, 4.69) is 4.90 Å². The minimum Gasteiger partial charge on any atom is -0.495 e. The van der Waals surface area contributed by atoms with Gasteiger partial charge in [0, 0.05) is 44.1 Å². The summed E-state index contributed by atoms with van der Waals surface area (Å²) in [6.45, 7) is 6.95. The lowest BCUT2D eigenvalue weighted by Crippen LogP contribution is -2.49. The molecule has 1 aromatic carbocycles. The molecule has 1 aromatic heterocycles. The molecule has 2 aromatic rings. The van der Waals surface area contributed by atoms with Crippen molar-refractivity contribution in [1.82, 2.24) is 9.21 Å². The maximum Gasteiger partial charge on any atom is 0.243 e. The zero-order chi connectivity index (χ0) is 21.7. The topological polar surface area (TPSA) is 70.2 Å². The van der Waals surface area contributed by atoms with Crippen molar-refractivity contribution >= 4 is 33.0 Å². The van der Waals surface area contributed by atoms with Crippen LogP contribution in [0.1, 0.15) is 18.7 Å². The molecule has 0 unspecified atom stereocenters. The van der Waals surface area contributed by atoms with Crippen molar-refractivity contribution in [2.75, 3.05) is 51.3 Å². The average Bonchev–Trinajstić information content (AvgIpc) is 3.27. The largest absolute Gasteiger partial charge is 0.495 e. The quantitative estimate of drug-likeness (QED) is 0.617. The van der Waals surface area contributed by atoms with E-state index in [1.807, 2.05) is 36.3 Å². The van der Waals surface area contributed by atoms with E-state index in [1.165, 1.54) is 4.31 Å². The average molecular weight is 452 g/mol. The van der Waals surface area contributed by atoms with Crippen molar-refractivity contribution in [3.63, 3.8) is 0 Å². The van der Waals surface area contributed by atoms with Gasteiger partial charge in [-0.1, -0.05) is 19.9 Å². The van der Waals surface area contributed by atoms with E-state index in [0.717, 1.165) is 10.6 Å². The predicted octanol–water partition coefficient (Wildman–Crippen LogP) is 2.68. The standard InChI is InChI=1S/C21H29N3O4S2/c1-4-24(5-2)30(26,27)18-8-9-20(28-3)19(16-18)22-10-12-23(13-11-22)21(25)15-17-7-6-14-29-17/h6-9,14,16H,4-5,10-13,15H2,1-3H3. The summed E-state index contributed by atoms with van der Waals surface area (Å²) in [5.74, 6) is 0.758. The summed E-state index contributed by atoms with van der Waals surface area (Å²) in [7, 11) is -1.97. The highest BCUT2D eigenvalue weighted by Gasteiger charge is 2.27. The Morgan fingerprint density at radius 1 is 1.13 bits per heavy atom. The second-order valence-corrected chi connectivity index (χ2v) is 10.0. The second kappa shape index (κ2) is 9.80. The number of carbonyl (C=O) groups excluding carboxylic acids is 1. The molecule has 1 saturated heterocycles. The molecule has 0 atom stereocenters. The van der Waals surface area contributed by atoms with E-state index in [0.29, 0.717) is 51.4 Å². The number of methoxy groups -OCH3 is 1. The number of carbonyl (C=O) groups is 1. The Balaban J connectivity index is 1.75. The third-order valence-corrected chi connectivity index (χ3v) is 8.29. The van der Waals surface area contributed by atoms with E-state index >= 15 is 0 Å². The molecular formula is C21H29N3O4S2. The first kappa shape index (κ1) is 22.6. The number of hydrogen-bond acceptors (Lipinski definition) is 6. The van der Waals surface area contributed by atoms with Gasteiger partial charge in [-0.3, -0.25) is 4.79 Å². The Hall–Kier alpha value is -2.10. The van der Waals surface area contributed by atoms with Crippen LogP contribution in [0.4, 0.5) is 5.69 Å². The fourth-order valence-electron chi connectivity index (χ4n) is 3.66. The Morgan fingerprint density at radius 3 is 2.40 bits per heavy atom. The maximum absolute atomic E-state index is 12.9. The van der Waals surface area contributed by atoms with Gasteiger partial charge in [-0.25, -0.2) is 8.42 Å². The van der Waals surface area contributed by atoms with Gasteiger partial charge in [0.05, 0.1) is 24.1 Å². The number of thiophene rings is 1. The Morgan fingerprint density at radius 2 is 1.83 bits per heavy atom. The molecule has 1 amide bonds. The van der Waals surface area contributed by atoms with Crippen molar-refractivity contribution in [3.8, 4) is 5.75 Å². The van der Waals surface area contributed by atoms with E-state index in [9.17, 15) is 13.2 Å². The number of piperazine rings is 1. The molecule has 3 rings (SSSR count). The molecule has 0 saturated carbocycles. The summed E-state index contributed by atoms with van der Waals surface area (Å²) < 4.78 is 32.8. The lowest BCUT2D eigenvalue weighted by molar-refractivity contribution is -0.130. The molecule has 0 N–H and O–H groups in total. The number of benzene rings is 1. The maximum atomic E-state index is 12.9. The van der Waals surface area contributed by atoms with Gasteiger partial charge in [0.15, 0.2) is 0 Å². The fourth-order valence-corrected chi connectivity index (χ4v) is 5.84. The molecule has 9 heteroatoms. The van der Waals surface area contributed by atoms with Gasteiger partial charge in [0.1, 0.15) is 5.75 Å². The Bertz CT molecular complexity index is 949. The molecule has 0 aliphatic carbocycles. The fraction of sp³-hybridized carbons (Fsp3) is 0.476. The first-order valence-electron chi connectivity index (χ1n) is 10.1. The van der Waals surface area contributed by atoms with Crippen molar-refractivity contribution in [2.24, 2.45) is 0 Å². The van der Waals surface area contributed by atoms with E-state index in [-0.39, 0.29) is 10.8 Å². The van der Waals surface area contributed by atoms with Gasteiger partial charge in [-0.05, 0) is 29.6 Å². The summed E-state index contributed by atoms with van der Waals surface area (Å²) in [5, 5.41) is 1.98. The summed E-state index contributed by atoms with van der Waals surface area (Å²) in [5.41, 5.74) is 0.746. The molecule has 164 valence electrons. The SMILES string of the molecule is CCN(CC)S(=O)(=O)c1ccc(OC)c(N2CCN(C(=O)Cc3cccs3)CC2)c1. The van der Waals surface area contributed by atoms with Gasteiger partial charge in [-0.15, -0.1) is 11.3 Å². The third-order valence-electron chi connectivity index (χ3n) is 5.37. The molecular weight excluding hydrogens is 422 g/mol. The van der Waals surface area contributed by atoms with Crippen LogP contribution in [0.15, 0.2) is 40.6 Å². The van der Waals surface area contributed by atoms with Gasteiger partial charge < -0.3 is 14.5 Å². The number of ether oxygens (including phenoxy) is 1. The van der Waals surface area contributed by atoms with Crippen LogP contribution in [0.5, 0.6) is 5.75 Å². The molecule has 1 fully saturated rings. The summed E-state index contributed by atoms with van der Waals surface area (Å²) in [6, 6.07) is 8.93. The van der Waals surface area contributed by atoms with Crippen LogP contribution in [0, 0.1) is 0 Å². The number of hydrogen-bond donors (Lipinski definition) is 0. The lowest BCUT2D eigenvalue weighted by Gasteiger charge is -2.37. The molecule has 0 spiro atoms. The van der Waals surface area contributed by atoms with Gasteiger partial charge >= 0.3 is 0 Å². The van der Waals surface area contributed by atoms with E-state index in [1.54, 1.807) is 36.6 Å². The zero-order valence-electron chi connectivity index (χ0n) is 17.7. The summed E-state index contributed by atoms with van der Waals surface area (Å²) in [4.78, 5) is 17.9. The van der Waals surface area contributed by atoms with Crippen molar-refractivity contribution in [2.45, 2.75) is 25.2 Å². The van der Waals surface area contributed by atoms with Crippen LogP contribution in [0.2, 0.25) is 0 Å². The lowest BCUT2D eigenvalue weighted by atomic mass is 10.2. The highest BCUT2D eigenvalue weighted by molar-refractivity contribution is 7.89. The minimum absolute atomic E-state index is 0.127. The minimum atomic E-state index is -3.55. The summed E-state index contributed by atoms with van der Waals surface area (Å²) in [6.07, 6.45) is 0.429. The number of anilines is 1. The molecule has 30 heavy (non-hydrogen) atoms. The zero-order valence-corrected chi connectivity index (χ0v) is 19.3. The Labute approximate surface area is 182 Å². The number of sulfonamides is 1. The van der Waals surface area contributed by atoms with Gasteiger partial charge in [-0.2, -0.15) is 4.31 Å². The third kappa shape index (κ3) is 4.79. The number of nitrogens with zero attached hydrogens (tertiary/aromatic N) is 3. The van der Waals surface area contributed by atoms with Gasteiger partial charge in [0.2, 0.25) is 15.9 Å². The van der Waals surface area contributed by atoms with E-state index < -0.39 is 10.0 Å². The van der Waals surface area contributed by atoms with Crippen LogP contribution in [-0.2, 0) is 21.2 Å². The molecule has 7 nitrogen and oxygen atoms in total. The molecule has 0 radical (unpaired) electrons. The van der Waals surface area contributed by atoms with Crippen LogP contribution < -0.4 is 9.64 Å². The van der Waals surface area contributed by atoms with Gasteiger partial charge in [0.25, 0.3) is 0 Å². The van der Waals surface area contributed by atoms with E-state index in [4.69, 9.17) is 4.74 Å². The molecule has 0 bridgehead atoms. The monoisotopic (exact) mass is 451 g/mol. The van der Waals surface area contributed by atoms with Crippen molar-refractivity contribution in [1.29, 1.82) is 0 Å². The second-order valence-electron chi connectivity index (χ2n) is 7.05. The highest BCUT2D eigenvalue weighted by Crippen LogP contribution is 2.32. The van der Waals surface area contributed by atoms with Crippen LogP contribution in [0.3, 0.4) is 0 Å². The number of rotatable bonds is 8. The smallest absolute Gasteiger partial charge is 0.243 e. The summed E-state index contributed by atoms with van der Waals surface area (Å²) >= 11 is 1.59. The highest BCUT2D eigenvalue weighted by atomic mass is 32.2.